The lowest BCUT2D eigenvalue weighted by Crippen LogP contribution is -2.41. The molecule has 1 aromatic carbocycles. The summed E-state index contributed by atoms with van der Waals surface area (Å²) in [4.78, 5) is 4.73. The molecule has 160 valence electrons. The molecule has 29 heavy (non-hydrogen) atoms. The normalized spacial score (nSPS) is 17.4. The van der Waals surface area contributed by atoms with Crippen molar-refractivity contribution < 1.29 is 13.9 Å². The van der Waals surface area contributed by atoms with Gasteiger partial charge in [0, 0.05) is 32.0 Å². The molecule has 2 N–H and O–H groups in total. The Morgan fingerprint density at radius 3 is 2.83 bits per heavy atom. The van der Waals surface area contributed by atoms with Crippen LogP contribution in [-0.2, 0) is 11.2 Å². The maximum Gasteiger partial charge on any atom is 0.191 e. The molecule has 3 rings (SSSR count). The maximum absolute atomic E-state index is 6.04. The predicted octanol–water partition coefficient (Wildman–Crippen LogP) is 3.79. The quantitative estimate of drug-likeness (QED) is 0.304. The molecule has 7 heteroatoms. The first-order valence-electron chi connectivity index (χ1n) is 10.1. The highest BCUT2D eigenvalue weighted by molar-refractivity contribution is 14.0. The zero-order valence-electron chi connectivity index (χ0n) is 17.2. The van der Waals surface area contributed by atoms with Crippen molar-refractivity contribution in [1.82, 2.24) is 10.6 Å². The number of aliphatic imine (C=N–C) groups is 1. The minimum Gasteiger partial charge on any atom is -0.489 e. The van der Waals surface area contributed by atoms with E-state index in [2.05, 4.69) is 23.6 Å². The van der Waals surface area contributed by atoms with Crippen molar-refractivity contribution in [1.29, 1.82) is 0 Å². The van der Waals surface area contributed by atoms with Crippen LogP contribution in [0, 0.1) is 12.8 Å². The van der Waals surface area contributed by atoms with E-state index in [0.29, 0.717) is 12.5 Å². The monoisotopic (exact) mass is 513 g/mol. The molecule has 0 spiro atoms. The van der Waals surface area contributed by atoms with Crippen LogP contribution in [0.15, 0.2) is 52.1 Å². The van der Waals surface area contributed by atoms with Crippen molar-refractivity contribution in [2.45, 2.75) is 32.8 Å². The summed E-state index contributed by atoms with van der Waals surface area (Å²) < 4.78 is 16.9. The number of hydrogen-bond donors (Lipinski definition) is 2. The molecule has 1 fully saturated rings. The number of nitrogens with zero attached hydrogens (tertiary/aromatic N) is 1. The summed E-state index contributed by atoms with van der Waals surface area (Å²) in [6.07, 6.45) is 3.60. The number of furan rings is 1. The molecule has 0 amide bonds. The van der Waals surface area contributed by atoms with E-state index >= 15 is 0 Å². The zero-order valence-corrected chi connectivity index (χ0v) is 19.6. The molecule has 2 aromatic rings. The highest BCUT2D eigenvalue weighted by Crippen LogP contribution is 2.17. The fraction of sp³-hybridized carbons (Fsp3) is 0.500. The van der Waals surface area contributed by atoms with Crippen molar-refractivity contribution in [3.05, 3.63) is 54.0 Å². The first kappa shape index (κ1) is 23.5. The number of para-hydroxylation sites is 1. The van der Waals surface area contributed by atoms with Gasteiger partial charge in [-0.1, -0.05) is 18.2 Å². The van der Waals surface area contributed by atoms with Crippen LogP contribution >= 0.6 is 24.0 Å². The smallest absolute Gasteiger partial charge is 0.191 e. The van der Waals surface area contributed by atoms with E-state index in [4.69, 9.17) is 18.9 Å². The Kier molecular flexibility index (Phi) is 10.3. The van der Waals surface area contributed by atoms with Gasteiger partial charge in [-0.25, -0.2) is 4.99 Å². The number of hydrogen-bond acceptors (Lipinski definition) is 4. The van der Waals surface area contributed by atoms with Crippen LogP contribution in [0.5, 0.6) is 5.75 Å². The third-order valence-corrected chi connectivity index (χ3v) is 4.75. The molecule has 0 radical (unpaired) electrons. The largest absolute Gasteiger partial charge is 0.489 e. The Hall–Kier alpha value is -1.74. The van der Waals surface area contributed by atoms with Gasteiger partial charge in [-0.2, -0.15) is 0 Å². The number of guanidine groups is 1. The molecular formula is C22H32IN3O3. The molecule has 0 saturated carbocycles. The number of aryl methyl sites for hydroxylation is 1. The maximum atomic E-state index is 6.04. The second-order valence-corrected chi connectivity index (χ2v) is 7.25. The van der Waals surface area contributed by atoms with Gasteiger partial charge in [0.15, 0.2) is 5.96 Å². The Labute approximate surface area is 190 Å². The Morgan fingerprint density at radius 1 is 1.24 bits per heavy atom. The van der Waals surface area contributed by atoms with Crippen molar-refractivity contribution in [2.24, 2.45) is 10.9 Å². The van der Waals surface area contributed by atoms with Crippen LogP contribution in [0.3, 0.4) is 0 Å². The van der Waals surface area contributed by atoms with Gasteiger partial charge in [0.1, 0.15) is 17.6 Å². The van der Waals surface area contributed by atoms with E-state index in [0.717, 1.165) is 62.2 Å². The molecule has 1 saturated heterocycles. The van der Waals surface area contributed by atoms with Crippen LogP contribution in [0.1, 0.15) is 24.7 Å². The number of ether oxygens (including phenoxy) is 2. The molecule has 2 unspecified atom stereocenters. The molecule has 0 aliphatic carbocycles. The number of nitrogens with one attached hydrogen (secondary N) is 2. The van der Waals surface area contributed by atoms with Crippen LogP contribution in [0.25, 0.3) is 0 Å². The van der Waals surface area contributed by atoms with Crippen molar-refractivity contribution >= 4 is 29.9 Å². The highest BCUT2D eigenvalue weighted by Gasteiger charge is 2.16. The topological polar surface area (TPSA) is 68.0 Å². The van der Waals surface area contributed by atoms with Gasteiger partial charge >= 0.3 is 0 Å². The summed E-state index contributed by atoms with van der Waals surface area (Å²) in [5.41, 5.74) is 1.13. The first-order chi connectivity index (χ1) is 13.7. The van der Waals surface area contributed by atoms with Crippen LogP contribution in [-0.4, -0.2) is 44.9 Å². The lowest BCUT2D eigenvalue weighted by molar-refractivity contribution is 0.186. The van der Waals surface area contributed by atoms with Gasteiger partial charge in [-0.05, 0) is 44.0 Å². The van der Waals surface area contributed by atoms with Gasteiger partial charge in [-0.15, -0.1) is 24.0 Å². The van der Waals surface area contributed by atoms with E-state index in [1.807, 2.05) is 37.3 Å². The van der Waals surface area contributed by atoms with Crippen LogP contribution in [0.4, 0.5) is 0 Å². The molecular weight excluding hydrogens is 481 g/mol. The van der Waals surface area contributed by atoms with E-state index in [-0.39, 0.29) is 30.1 Å². The summed E-state index contributed by atoms with van der Waals surface area (Å²) in [5.74, 6) is 3.22. The summed E-state index contributed by atoms with van der Waals surface area (Å²) in [6, 6.07) is 12.0. The van der Waals surface area contributed by atoms with Gasteiger partial charge in [0.25, 0.3) is 0 Å². The van der Waals surface area contributed by atoms with E-state index in [9.17, 15) is 0 Å². The molecule has 1 aliphatic rings. The lowest BCUT2D eigenvalue weighted by atomic mass is 10.1. The molecule has 2 heterocycles. The van der Waals surface area contributed by atoms with Gasteiger partial charge in [0.2, 0.25) is 0 Å². The molecule has 0 bridgehead atoms. The fourth-order valence-electron chi connectivity index (χ4n) is 3.08. The van der Waals surface area contributed by atoms with Crippen molar-refractivity contribution in [2.75, 3.05) is 32.8 Å². The average molecular weight is 513 g/mol. The SMILES string of the molecule is Cc1ccccc1OC(C)CN=C(NCCc1ccco1)NCC1CCOC1.I. The second kappa shape index (κ2) is 12.7. The minimum atomic E-state index is -0.0143. The third-order valence-electron chi connectivity index (χ3n) is 4.75. The Balaban J connectivity index is 0.00000300. The molecule has 2 atom stereocenters. The second-order valence-electron chi connectivity index (χ2n) is 7.25. The molecule has 6 nitrogen and oxygen atoms in total. The summed E-state index contributed by atoms with van der Waals surface area (Å²) >= 11 is 0. The molecule has 1 aliphatic heterocycles. The van der Waals surface area contributed by atoms with Gasteiger partial charge in [-0.3, -0.25) is 0 Å². The number of benzene rings is 1. The average Bonchev–Trinajstić information content (AvgIpc) is 3.39. The van der Waals surface area contributed by atoms with E-state index < -0.39 is 0 Å². The first-order valence-corrected chi connectivity index (χ1v) is 10.1. The zero-order chi connectivity index (χ0) is 19.6. The molecule has 1 aromatic heterocycles. The highest BCUT2D eigenvalue weighted by atomic mass is 127. The van der Waals surface area contributed by atoms with Gasteiger partial charge < -0.3 is 24.5 Å². The lowest BCUT2D eigenvalue weighted by Gasteiger charge is -2.17. The summed E-state index contributed by atoms with van der Waals surface area (Å²) in [6.45, 7) is 7.96. The fourth-order valence-corrected chi connectivity index (χ4v) is 3.08. The van der Waals surface area contributed by atoms with E-state index in [1.54, 1.807) is 6.26 Å². The summed E-state index contributed by atoms with van der Waals surface area (Å²) in [5, 5.41) is 6.84. The van der Waals surface area contributed by atoms with Crippen molar-refractivity contribution in [3.63, 3.8) is 0 Å². The van der Waals surface area contributed by atoms with E-state index in [1.165, 1.54) is 0 Å². The standard InChI is InChI=1S/C22H31N3O3.HI/c1-17-6-3-4-8-21(17)28-18(2)14-24-22(25-15-19-10-13-26-16-19)23-11-9-20-7-5-12-27-20;/h3-8,12,18-19H,9-11,13-16H2,1-2H3,(H2,23,24,25);1H. The van der Waals surface area contributed by atoms with Crippen molar-refractivity contribution in [3.8, 4) is 5.75 Å². The van der Waals surface area contributed by atoms with Crippen LogP contribution < -0.4 is 15.4 Å². The predicted molar refractivity (Wildman–Crippen MR) is 126 cm³/mol. The Morgan fingerprint density at radius 2 is 2.10 bits per heavy atom. The number of halogens is 1. The summed E-state index contributed by atoms with van der Waals surface area (Å²) in [7, 11) is 0. The van der Waals surface area contributed by atoms with Crippen LogP contribution in [0.2, 0.25) is 0 Å². The Bertz CT molecular complexity index is 731. The minimum absolute atomic E-state index is 0. The third kappa shape index (κ3) is 8.26. The number of rotatable bonds is 9. The van der Waals surface area contributed by atoms with Gasteiger partial charge in [0.05, 0.1) is 19.4 Å².